The van der Waals surface area contributed by atoms with Crippen LogP contribution in [0, 0.1) is 23.7 Å². The molecule has 0 fully saturated rings. The lowest BCUT2D eigenvalue weighted by Crippen LogP contribution is -2.43. The number of halogens is 3. The number of aromatic hydroxyl groups is 1. The fourth-order valence-electron chi connectivity index (χ4n) is 10.3. The second-order valence-corrected chi connectivity index (χ2v) is 23.2. The number of thiocarbonyl (C=S) groups is 1. The van der Waals surface area contributed by atoms with Gasteiger partial charge in [-0.1, -0.05) is 52.0 Å². The highest BCUT2D eigenvalue weighted by molar-refractivity contribution is 7.80. The molecule has 25 heteroatoms. The summed E-state index contributed by atoms with van der Waals surface area (Å²) < 4.78 is 64.7. The number of aliphatic hydroxyl groups is 2. The Morgan fingerprint density at radius 1 is 0.843 bits per heavy atom. The zero-order valence-electron chi connectivity index (χ0n) is 50.9. The number of nitrogens with zero attached hydrogens (tertiary/aromatic N) is 3. The molecule has 6 rings (SSSR count). The van der Waals surface area contributed by atoms with E-state index in [1.54, 1.807) is 84.9 Å². The fraction of sp³-hybridized carbons (Fsp3) is 0.453. The highest BCUT2D eigenvalue weighted by Crippen LogP contribution is 2.48. The summed E-state index contributed by atoms with van der Waals surface area (Å²) in [5.41, 5.74) is -1.42. The number of phenolic OH excluding ortho intramolecular Hbond substituents is 1. The lowest BCUT2D eigenvalue weighted by Gasteiger charge is -2.35. The minimum absolute atomic E-state index is 0.0117. The number of benzene rings is 4. The number of carboxylic acids is 1. The first-order chi connectivity index (χ1) is 42.0. The molecule has 0 saturated carbocycles. The third-order valence-electron chi connectivity index (χ3n) is 16.0. The van der Waals surface area contributed by atoms with Crippen LogP contribution in [-0.4, -0.2) is 155 Å². The smallest absolute Gasteiger partial charge is 0.422 e. The first kappa shape index (κ1) is 69.8. The lowest BCUT2D eigenvalue weighted by molar-refractivity contribution is -0.166. The topological polar surface area (TPSA) is 296 Å². The number of alkyl halides is 3. The molecule has 0 saturated heterocycles. The van der Waals surface area contributed by atoms with Gasteiger partial charge in [0.2, 0.25) is 11.9 Å². The Morgan fingerprint density at radius 3 is 2.16 bits per heavy atom. The van der Waals surface area contributed by atoms with Crippen LogP contribution in [-0.2, 0) is 38.9 Å². The summed E-state index contributed by atoms with van der Waals surface area (Å²) in [4.78, 5) is 95.9. The summed E-state index contributed by atoms with van der Waals surface area (Å²) >= 11 is 5.54. The summed E-state index contributed by atoms with van der Waals surface area (Å²) in [6.07, 6.45) is -2.93. The number of anilines is 1. The minimum Gasteiger partial charge on any atom is -0.508 e. The monoisotopic (exact) mass is 1260 g/mol. The van der Waals surface area contributed by atoms with Crippen molar-refractivity contribution < 1.29 is 81.0 Å². The fourth-order valence-corrected chi connectivity index (χ4v) is 10.5. The SMILES string of the molecule is CC(=O)O[C@@H]([C@@H](C)[C@H](CC[C@H](C)[C@@H](O)[C@@H](C)[C@H](O)CCOC(=O)[C@@H](CCCCNC(=S)Nc1ccc(-c2c3ccc(=O)cc-3oc3cc(O)ccc23)c(C(=O)O)c1)NC(=O)c1ccc(C2(C(F)(F)F)C=N2)cc1)OC(=O)[C@H](C)N(C)C)[C@@H](C)/C=C/N(C)C=O. The number of hydrogen-bond acceptors (Lipinski definition) is 17. The van der Waals surface area contributed by atoms with E-state index in [0.29, 0.717) is 47.0 Å². The van der Waals surface area contributed by atoms with Crippen LogP contribution < -0.4 is 21.4 Å². The number of carbonyl (C=O) groups is 6. The van der Waals surface area contributed by atoms with Gasteiger partial charge in [0.1, 0.15) is 41.4 Å². The summed E-state index contributed by atoms with van der Waals surface area (Å²) in [7, 11) is 5.00. The minimum atomic E-state index is -4.69. The number of unbranched alkanes of at least 4 members (excludes halogenated alkanes) is 1. The van der Waals surface area contributed by atoms with E-state index in [1.807, 2.05) is 0 Å². The number of nitrogens with one attached hydrogen (secondary N) is 3. The highest BCUT2D eigenvalue weighted by Gasteiger charge is 2.61. The van der Waals surface area contributed by atoms with Gasteiger partial charge in [0, 0.05) is 97.0 Å². The Balaban J connectivity index is 1.08. The van der Waals surface area contributed by atoms with Crippen LogP contribution >= 0.6 is 12.2 Å². The Hall–Kier alpha value is -8.26. The molecule has 0 aromatic heterocycles. The highest BCUT2D eigenvalue weighted by atomic mass is 32.1. The van der Waals surface area contributed by atoms with Gasteiger partial charge in [-0.3, -0.25) is 33.9 Å². The second kappa shape index (κ2) is 30.8. The van der Waals surface area contributed by atoms with Gasteiger partial charge in [0.25, 0.3) is 5.91 Å². The van der Waals surface area contributed by atoms with Crippen molar-refractivity contribution >= 4 is 76.4 Å². The number of likely N-dealkylation sites (N-methyl/N-ethyl adjacent to an activating group) is 1. The number of fused-ring (bicyclic) bond motifs is 2. The van der Waals surface area contributed by atoms with Crippen molar-refractivity contribution in [3.05, 3.63) is 118 Å². The normalized spacial score (nSPS) is 17.3. The van der Waals surface area contributed by atoms with Crippen LogP contribution in [0.3, 0.4) is 0 Å². The first-order valence-corrected chi connectivity index (χ1v) is 29.5. The molecule has 2 aliphatic heterocycles. The Morgan fingerprint density at radius 2 is 1.53 bits per heavy atom. The predicted molar refractivity (Wildman–Crippen MR) is 330 cm³/mol. The van der Waals surface area contributed by atoms with Crippen LogP contribution in [0.15, 0.2) is 105 Å². The zero-order valence-corrected chi connectivity index (χ0v) is 51.7. The Bertz CT molecular complexity index is 3430. The average molecular weight is 1260 g/mol. The van der Waals surface area contributed by atoms with Gasteiger partial charge in [-0.2, -0.15) is 13.2 Å². The van der Waals surface area contributed by atoms with E-state index in [0.717, 1.165) is 18.3 Å². The van der Waals surface area contributed by atoms with Crippen LogP contribution in [0.4, 0.5) is 18.9 Å². The molecule has 3 aliphatic rings. The van der Waals surface area contributed by atoms with Crippen LogP contribution in [0.5, 0.6) is 5.75 Å². The number of rotatable bonds is 31. The molecular weight excluding hydrogens is 1180 g/mol. The maximum atomic E-state index is 13.8. The molecule has 0 radical (unpaired) electrons. The average Bonchev–Trinajstić information content (AvgIpc) is 1.94. The summed E-state index contributed by atoms with van der Waals surface area (Å²) in [6.45, 7) is 9.81. The summed E-state index contributed by atoms with van der Waals surface area (Å²) in [6, 6.07) is 15.8. The van der Waals surface area contributed by atoms with E-state index in [4.69, 9.17) is 30.8 Å². The molecule has 3 aromatic carbocycles. The van der Waals surface area contributed by atoms with E-state index >= 15 is 0 Å². The van der Waals surface area contributed by atoms with Gasteiger partial charge in [0.05, 0.1) is 24.4 Å². The summed E-state index contributed by atoms with van der Waals surface area (Å²) in [5.74, 6) is -6.17. The number of aliphatic hydroxyl groups excluding tert-OH is 2. The number of phenols is 1. The number of ether oxygens (including phenoxy) is 3. The molecule has 3 aromatic rings. The standard InChI is InChI=1S/C64H77F3N6O15S/c1-35(13-24-52(88-60(83)39(5)72(7)8)38(4)57(86-40(6)75)36(2)25-28-73(9)34-74)56(79)37(3)51(78)26-29-85-61(84)50(71-58(80)41-14-16-42(17-15-41)63(33-69-63)64(65,66)67)12-10-11-27-68-62(89)70-43-18-21-46(49(30-43)59(81)82)55-47-22-19-44(76)31-53(47)87-54-32-45(77)20-23-48(54)55/h14-23,25,28,30-39,50-52,56-57,76,78-79H,10-13,24,26-27,29H2,1-9H3,(H,71,80)(H,81,82)(H2,68,70,89)/b28-25+/t35-,36-,37-,38-,39-,50+,51+,52-,56+,57+,63?/m0/s1. The molecule has 2 heterocycles. The molecule has 2 amide bonds. The molecule has 0 spiro atoms. The molecule has 11 atom stereocenters. The number of carbonyl (C=O) groups excluding carboxylic acids is 5. The number of aromatic carboxylic acids is 1. The molecule has 1 unspecified atom stereocenters. The van der Waals surface area contributed by atoms with Crippen molar-refractivity contribution in [2.45, 2.75) is 128 Å². The Labute approximate surface area is 518 Å². The number of esters is 3. The van der Waals surface area contributed by atoms with Crippen LogP contribution in [0.2, 0.25) is 0 Å². The van der Waals surface area contributed by atoms with Crippen molar-refractivity contribution in [2.75, 3.05) is 39.6 Å². The number of hydrogen-bond donors (Lipinski definition) is 7. The zero-order chi connectivity index (χ0) is 65.7. The number of aliphatic imine (C=N–C) groups is 1. The molecule has 89 heavy (non-hydrogen) atoms. The third-order valence-corrected chi connectivity index (χ3v) is 16.3. The van der Waals surface area contributed by atoms with E-state index in [1.165, 1.54) is 66.6 Å². The molecule has 7 N–H and O–H groups in total. The second-order valence-electron chi connectivity index (χ2n) is 22.8. The van der Waals surface area contributed by atoms with Gasteiger partial charge < -0.3 is 59.9 Å². The van der Waals surface area contributed by atoms with Crippen LogP contribution in [0.1, 0.15) is 106 Å². The summed E-state index contributed by atoms with van der Waals surface area (Å²) in [5, 5.41) is 52.8. The maximum Gasteiger partial charge on any atom is 0.422 e. The van der Waals surface area contributed by atoms with Crippen molar-refractivity contribution in [3.8, 4) is 28.2 Å². The van der Waals surface area contributed by atoms with E-state index < -0.39 is 102 Å². The van der Waals surface area contributed by atoms with E-state index in [2.05, 4.69) is 20.9 Å². The predicted octanol–water partition coefficient (Wildman–Crippen LogP) is 8.44. The van der Waals surface area contributed by atoms with Gasteiger partial charge in [0.15, 0.2) is 10.5 Å². The van der Waals surface area contributed by atoms with Crippen molar-refractivity contribution in [3.63, 3.8) is 0 Å². The van der Waals surface area contributed by atoms with Gasteiger partial charge >= 0.3 is 30.1 Å². The third kappa shape index (κ3) is 18.2. The molecule has 0 bridgehead atoms. The van der Waals surface area contributed by atoms with Gasteiger partial charge in [-0.15, -0.1) is 0 Å². The lowest BCUT2D eigenvalue weighted by atomic mass is 9.82. The molecule has 21 nitrogen and oxygen atoms in total. The number of amides is 2. The largest absolute Gasteiger partial charge is 0.508 e. The van der Waals surface area contributed by atoms with E-state index in [9.17, 15) is 67.2 Å². The quantitative estimate of drug-likeness (QED) is 0.00547. The first-order valence-electron chi connectivity index (χ1n) is 29.1. The van der Waals surface area contributed by atoms with Crippen molar-refractivity contribution in [1.29, 1.82) is 0 Å². The van der Waals surface area contributed by atoms with Crippen molar-refractivity contribution in [1.82, 2.24) is 20.4 Å². The van der Waals surface area contributed by atoms with Crippen LogP contribution in [0.25, 0.3) is 33.4 Å². The molecule has 480 valence electrons. The van der Waals surface area contributed by atoms with Crippen molar-refractivity contribution in [2.24, 2.45) is 28.7 Å². The maximum absolute atomic E-state index is 13.8. The Kier molecular flexibility index (Phi) is 24.2. The van der Waals surface area contributed by atoms with Gasteiger partial charge in [-0.05, 0) is 131 Å². The molecular formula is C64H77F3N6O15S. The van der Waals surface area contributed by atoms with Gasteiger partial charge in [-0.25, -0.2) is 9.59 Å². The van der Waals surface area contributed by atoms with E-state index in [-0.39, 0.29) is 83.2 Å². The molecule has 1 aliphatic carbocycles. The number of carboxylic acid groups (broad SMARTS) is 1.